The molecule has 4 heteroatoms. The summed E-state index contributed by atoms with van der Waals surface area (Å²) < 4.78 is 10.6. The molecule has 86 valence electrons. The Bertz CT molecular complexity index is 385. The normalized spacial score (nSPS) is 11.6. The zero-order valence-corrected chi connectivity index (χ0v) is 9.78. The fourth-order valence-electron chi connectivity index (χ4n) is 1.34. The highest BCUT2D eigenvalue weighted by molar-refractivity contribution is 5.43. The van der Waals surface area contributed by atoms with Gasteiger partial charge in [0.05, 0.1) is 7.11 Å². The largest absolute Gasteiger partial charge is 0.493 e. The minimum Gasteiger partial charge on any atom is -0.493 e. The van der Waals surface area contributed by atoms with Gasteiger partial charge in [0.2, 0.25) is 0 Å². The monoisotopic (exact) mass is 220 g/mol. The molecule has 0 aromatic heterocycles. The molecule has 0 aliphatic rings. The number of benzene rings is 1. The Labute approximate surface area is 95.8 Å². The average molecular weight is 220 g/mol. The summed E-state index contributed by atoms with van der Waals surface area (Å²) in [6.07, 6.45) is -0.487. The van der Waals surface area contributed by atoms with E-state index in [1.165, 1.54) is 0 Å². The number of nitrogens with zero attached hydrogens (tertiary/aromatic N) is 1. The van der Waals surface area contributed by atoms with Gasteiger partial charge in [-0.2, -0.15) is 5.26 Å². The molecule has 16 heavy (non-hydrogen) atoms. The first-order valence-electron chi connectivity index (χ1n) is 5.09. The van der Waals surface area contributed by atoms with Crippen LogP contribution in [0, 0.1) is 11.3 Å². The topological polar surface area (TPSA) is 54.3 Å². The summed E-state index contributed by atoms with van der Waals surface area (Å²) in [7, 11) is 3.46. The summed E-state index contributed by atoms with van der Waals surface area (Å²) in [5, 5.41) is 11.8. The predicted molar refractivity (Wildman–Crippen MR) is 61.5 cm³/mol. The molecule has 0 aliphatic heterocycles. The molecule has 1 aromatic rings. The summed E-state index contributed by atoms with van der Waals surface area (Å²) in [6.45, 7) is 2.45. The first-order chi connectivity index (χ1) is 7.71. The van der Waals surface area contributed by atoms with Gasteiger partial charge in [-0.3, -0.25) is 0 Å². The lowest BCUT2D eigenvalue weighted by atomic mass is 10.2. The fourth-order valence-corrected chi connectivity index (χ4v) is 1.34. The highest BCUT2D eigenvalue weighted by Crippen LogP contribution is 2.28. The molecule has 1 unspecified atom stereocenters. The van der Waals surface area contributed by atoms with Crippen molar-refractivity contribution in [2.75, 3.05) is 14.2 Å². The summed E-state index contributed by atoms with van der Waals surface area (Å²) in [5.41, 5.74) is 1.09. The molecule has 0 fully saturated rings. The van der Waals surface area contributed by atoms with Gasteiger partial charge in [0, 0.05) is 6.54 Å². The van der Waals surface area contributed by atoms with Crippen LogP contribution < -0.4 is 14.8 Å². The Kier molecular flexibility index (Phi) is 4.62. The molecule has 0 radical (unpaired) electrons. The van der Waals surface area contributed by atoms with Crippen LogP contribution in [-0.2, 0) is 6.54 Å². The lowest BCUT2D eigenvalue weighted by Crippen LogP contribution is -2.10. The van der Waals surface area contributed by atoms with Crippen molar-refractivity contribution in [1.82, 2.24) is 5.32 Å². The van der Waals surface area contributed by atoms with Crippen LogP contribution in [0.15, 0.2) is 18.2 Å². The van der Waals surface area contributed by atoms with E-state index in [-0.39, 0.29) is 0 Å². The molecular formula is C12H16N2O2. The van der Waals surface area contributed by atoms with E-state index in [0.717, 1.165) is 12.1 Å². The Morgan fingerprint density at radius 1 is 1.44 bits per heavy atom. The molecule has 4 nitrogen and oxygen atoms in total. The van der Waals surface area contributed by atoms with E-state index in [1.807, 2.05) is 31.3 Å². The summed E-state index contributed by atoms with van der Waals surface area (Å²) in [6, 6.07) is 7.70. The highest BCUT2D eigenvalue weighted by atomic mass is 16.5. The molecule has 0 aliphatic carbocycles. The van der Waals surface area contributed by atoms with Gasteiger partial charge < -0.3 is 14.8 Å². The van der Waals surface area contributed by atoms with Crippen LogP contribution in [0.4, 0.5) is 0 Å². The second-order valence-corrected chi connectivity index (χ2v) is 3.40. The molecule has 1 atom stereocenters. The van der Waals surface area contributed by atoms with E-state index < -0.39 is 6.10 Å². The SMILES string of the molecule is CNCc1ccc(OC)c(OC(C)C#N)c1. The number of nitriles is 1. The number of ether oxygens (including phenoxy) is 2. The summed E-state index contributed by atoms with van der Waals surface area (Å²) in [4.78, 5) is 0. The van der Waals surface area contributed by atoms with Crippen molar-refractivity contribution in [2.24, 2.45) is 0 Å². The van der Waals surface area contributed by atoms with Crippen LogP contribution in [0.2, 0.25) is 0 Å². The standard InChI is InChI=1S/C12H16N2O2/c1-9(7-13)16-12-6-10(8-14-2)4-5-11(12)15-3/h4-6,9,14H,8H2,1-3H3. The molecular weight excluding hydrogens is 204 g/mol. The first-order valence-corrected chi connectivity index (χ1v) is 5.09. The number of rotatable bonds is 5. The van der Waals surface area contributed by atoms with Crippen molar-refractivity contribution in [3.8, 4) is 17.6 Å². The van der Waals surface area contributed by atoms with E-state index in [4.69, 9.17) is 14.7 Å². The van der Waals surface area contributed by atoms with E-state index in [0.29, 0.717) is 11.5 Å². The minimum absolute atomic E-state index is 0.487. The van der Waals surface area contributed by atoms with Crippen molar-refractivity contribution in [1.29, 1.82) is 5.26 Å². The van der Waals surface area contributed by atoms with Crippen LogP contribution in [0.3, 0.4) is 0 Å². The number of hydrogen-bond acceptors (Lipinski definition) is 4. The third kappa shape index (κ3) is 3.14. The van der Waals surface area contributed by atoms with Crippen LogP contribution >= 0.6 is 0 Å². The second-order valence-electron chi connectivity index (χ2n) is 3.40. The van der Waals surface area contributed by atoms with Gasteiger partial charge in [0.15, 0.2) is 17.6 Å². The highest BCUT2D eigenvalue weighted by Gasteiger charge is 2.09. The molecule has 0 saturated carbocycles. The average Bonchev–Trinajstić information content (AvgIpc) is 2.30. The van der Waals surface area contributed by atoms with E-state index in [9.17, 15) is 0 Å². The van der Waals surface area contributed by atoms with Crippen LogP contribution in [0.5, 0.6) is 11.5 Å². The smallest absolute Gasteiger partial charge is 0.181 e. The number of methoxy groups -OCH3 is 1. The van der Waals surface area contributed by atoms with Gasteiger partial charge in [-0.15, -0.1) is 0 Å². The van der Waals surface area contributed by atoms with Gasteiger partial charge in [-0.25, -0.2) is 0 Å². The van der Waals surface area contributed by atoms with Gasteiger partial charge in [0.1, 0.15) is 6.07 Å². The Morgan fingerprint density at radius 2 is 2.19 bits per heavy atom. The number of nitrogens with one attached hydrogen (secondary N) is 1. The molecule has 1 rings (SSSR count). The third-order valence-electron chi connectivity index (χ3n) is 2.09. The second kappa shape index (κ2) is 5.99. The summed E-state index contributed by atoms with van der Waals surface area (Å²) in [5.74, 6) is 1.24. The van der Waals surface area contributed by atoms with Crippen molar-refractivity contribution >= 4 is 0 Å². The Hall–Kier alpha value is -1.73. The number of hydrogen-bond donors (Lipinski definition) is 1. The molecule has 0 heterocycles. The van der Waals surface area contributed by atoms with E-state index >= 15 is 0 Å². The molecule has 0 bridgehead atoms. The van der Waals surface area contributed by atoms with Gasteiger partial charge in [0.25, 0.3) is 0 Å². The third-order valence-corrected chi connectivity index (χ3v) is 2.09. The van der Waals surface area contributed by atoms with Gasteiger partial charge in [-0.05, 0) is 31.7 Å². The van der Waals surface area contributed by atoms with Gasteiger partial charge in [-0.1, -0.05) is 6.07 Å². The molecule has 1 N–H and O–H groups in total. The quantitative estimate of drug-likeness (QED) is 0.820. The maximum atomic E-state index is 8.70. The van der Waals surface area contributed by atoms with Crippen molar-refractivity contribution in [3.63, 3.8) is 0 Å². The molecule has 1 aromatic carbocycles. The lowest BCUT2D eigenvalue weighted by molar-refractivity contribution is 0.259. The van der Waals surface area contributed by atoms with Crippen molar-refractivity contribution < 1.29 is 9.47 Å². The molecule has 0 spiro atoms. The van der Waals surface area contributed by atoms with Crippen molar-refractivity contribution in [3.05, 3.63) is 23.8 Å². The predicted octanol–water partition coefficient (Wildman–Crippen LogP) is 1.71. The van der Waals surface area contributed by atoms with Gasteiger partial charge >= 0.3 is 0 Å². The van der Waals surface area contributed by atoms with Crippen molar-refractivity contribution in [2.45, 2.75) is 19.6 Å². The van der Waals surface area contributed by atoms with E-state index in [2.05, 4.69) is 5.32 Å². The van der Waals surface area contributed by atoms with Crippen LogP contribution in [-0.4, -0.2) is 20.3 Å². The Balaban J connectivity index is 2.93. The molecule has 0 amide bonds. The maximum Gasteiger partial charge on any atom is 0.181 e. The lowest BCUT2D eigenvalue weighted by Gasteiger charge is -2.13. The van der Waals surface area contributed by atoms with E-state index in [1.54, 1.807) is 14.0 Å². The van der Waals surface area contributed by atoms with Crippen LogP contribution in [0.25, 0.3) is 0 Å². The summed E-state index contributed by atoms with van der Waals surface area (Å²) >= 11 is 0. The Morgan fingerprint density at radius 3 is 2.75 bits per heavy atom. The van der Waals surface area contributed by atoms with Crippen LogP contribution in [0.1, 0.15) is 12.5 Å². The molecule has 0 saturated heterocycles. The maximum absolute atomic E-state index is 8.70. The zero-order valence-electron chi connectivity index (χ0n) is 9.78. The first kappa shape index (κ1) is 12.3. The zero-order chi connectivity index (χ0) is 12.0. The fraction of sp³-hybridized carbons (Fsp3) is 0.417. The minimum atomic E-state index is -0.487.